The first-order chi connectivity index (χ1) is 28.3. The molecule has 9 rings (SSSR count). The molecule has 0 bridgehead atoms. The Bertz CT molecular complexity index is 2110. The number of hydrogen-bond acceptors (Lipinski definition) is 1. The molecule has 1 aliphatic rings. The number of rotatable bonds is 11. The molecule has 8 aromatic carbocycles. The zero-order chi connectivity index (χ0) is 38.2. The normalized spacial score (nSPS) is 13.3. The van der Waals surface area contributed by atoms with Crippen LogP contribution < -0.4 is 21.2 Å². The minimum Gasteiger partial charge on any atom is -0.242 e. The van der Waals surface area contributed by atoms with Gasteiger partial charge in [-0.25, -0.2) is 4.44 Å². The van der Waals surface area contributed by atoms with Gasteiger partial charge < -0.3 is 0 Å². The summed E-state index contributed by atoms with van der Waals surface area (Å²) in [6.07, 6.45) is 6.29. The lowest BCUT2D eigenvalue weighted by atomic mass is 9.96. The molecule has 1 fully saturated rings. The van der Waals surface area contributed by atoms with E-state index in [0.29, 0.717) is 6.04 Å². The van der Waals surface area contributed by atoms with Crippen molar-refractivity contribution in [3.8, 4) is 44.5 Å². The molecule has 0 spiro atoms. The molecule has 0 amide bonds. The van der Waals surface area contributed by atoms with Crippen molar-refractivity contribution in [3.63, 3.8) is 0 Å². The molecule has 0 N–H and O–H groups in total. The van der Waals surface area contributed by atoms with E-state index in [1.54, 1.807) is 0 Å². The van der Waals surface area contributed by atoms with E-state index in [4.69, 9.17) is 0 Å². The Hall–Kier alpha value is -5.42. The number of benzene rings is 8. The van der Waals surface area contributed by atoms with Crippen LogP contribution >= 0.6 is 16.1 Å². The van der Waals surface area contributed by atoms with Crippen LogP contribution in [0.25, 0.3) is 44.5 Å². The molecule has 8 aromatic rings. The molecule has 1 aliphatic carbocycles. The van der Waals surface area contributed by atoms with E-state index in [9.17, 15) is 0 Å². The van der Waals surface area contributed by atoms with E-state index in [1.165, 1.54) is 97.8 Å². The van der Waals surface area contributed by atoms with Crippen LogP contribution in [0.5, 0.6) is 0 Å². The van der Waals surface area contributed by atoms with Crippen molar-refractivity contribution < 1.29 is 0 Å². The zero-order valence-electron chi connectivity index (χ0n) is 32.2. The summed E-state index contributed by atoms with van der Waals surface area (Å²) in [5.74, 6) is 0. The van der Waals surface area contributed by atoms with Gasteiger partial charge in [0.25, 0.3) is 0 Å². The van der Waals surface area contributed by atoms with Crippen LogP contribution in [0.3, 0.4) is 0 Å². The Balaban J connectivity index is 1.22. The second-order valence-corrected chi connectivity index (χ2v) is 19.4. The summed E-state index contributed by atoms with van der Waals surface area (Å²) in [5, 5.41) is 5.60. The summed E-state index contributed by atoms with van der Waals surface area (Å²) >= 11 is 0. The lowest BCUT2D eigenvalue weighted by Gasteiger charge is -2.45. The molecule has 3 heteroatoms. The lowest BCUT2D eigenvalue weighted by molar-refractivity contribution is 0.355. The van der Waals surface area contributed by atoms with Gasteiger partial charge in [0, 0.05) is 22.2 Å². The maximum Gasteiger partial charge on any atom is 0.0325 e. The third kappa shape index (κ3) is 8.49. The number of nitrogens with zero attached hydrogens (tertiary/aromatic N) is 1. The van der Waals surface area contributed by atoms with Gasteiger partial charge in [-0.3, -0.25) is 0 Å². The summed E-state index contributed by atoms with van der Waals surface area (Å²) in [4.78, 5) is 0. The third-order valence-electron chi connectivity index (χ3n) is 11.2. The maximum absolute atomic E-state index is 3.04. The van der Waals surface area contributed by atoms with Gasteiger partial charge in [0.2, 0.25) is 0 Å². The van der Waals surface area contributed by atoms with Crippen molar-refractivity contribution in [2.24, 2.45) is 0 Å². The summed E-state index contributed by atoms with van der Waals surface area (Å²) in [6.45, 7) is 0. The molecule has 0 aliphatic heterocycles. The molecule has 1 saturated carbocycles. The predicted molar refractivity (Wildman–Crippen MR) is 249 cm³/mol. The Morgan fingerprint density at radius 3 is 0.737 bits per heavy atom. The molecular weight excluding hydrogens is 725 g/mol. The highest BCUT2D eigenvalue weighted by molar-refractivity contribution is 7.84. The number of hydrogen-bond donors (Lipinski definition) is 0. The average molecular weight is 772 g/mol. The predicted octanol–water partition coefficient (Wildman–Crippen LogP) is 13.4. The average Bonchev–Trinajstić information content (AvgIpc) is 3.31. The first-order valence-electron chi connectivity index (χ1n) is 20.3. The van der Waals surface area contributed by atoms with Gasteiger partial charge in [-0.05, 0) is 78.6 Å². The van der Waals surface area contributed by atoms with Gasteiger partial charge in [0.15, 0.2) is 0 Å². The van der Waals surface area contributed by atoms with Crippen LogP contribution in [-0.4, -0.2) is 10.5 Å². The summed E-state index contributed by atoms with van der Waals surface area (Å²) in [7, 11) is -1.85. The van der Waals surface area contributed by atoms with Crippen molar-refractivity contribution in [3.05, 3.63) is 218 Å². The van der Waals surface area contributed by atoms with Gasteiger partial charge in [0.05, 0.1) is 0 Å². The smallest absolute Gasteiger partial charge is 0.0325 e. The van der Waals surface area contributed by atoms with Crippen molar-refractivity contribution >= 4 is 37.4 Å². The molecule has 0 atom stereocenters. The maximum atomic E-state index is 3.04. The van der Waals surface area contributed by atoms with Crippen molar-refractivity contribution in [1.29, 1.82) is 0 Å². The Kier molecular flexibility index (Phi) is 11.6. The highest BCUT2D eigenvalue weighted by Crippen LogP contribution is 2.58. The van der Waals surface area contributed by atoms with Gasteiger partial charge in [-0.1, -0.05) is 238 Å². The van der Waals surface area contributed by atoms with E-state index < -0.39 is 16.1 Å². The van der Waals surface area contributed by atoms with Crippen molar-refractivity contribution in [2.45, 2.75) is 38.1 Å². The van der Waals surface area contributed by atoms with Crippen LogP contribution in [0.2, 0.25) is 0 Å². The molecule has 57 heavy (non-hydrogen) atoms. The molecule has 0 saturated heterocycles. The Morgan fingerprint density at radius 1 is 0.263 bits per heavy atom. The fraction of sp³-hybridized carbons (Fsp3) is 0.111. The standard InChI is InChI=1S/C54H47NP2/c1-6-16-42(17-7-1)46-26-34-51(35-27-46)56(52-36-28-47(29-37-52)43-18-8-2-9-19-43)55(50-24-14-5-15-25-50)57(53-38-30-48(31-39-53)44-20-10-3-11-21-44)54-40-32-49(33-41-54)45-22-12-4-13-23-45/h1-4,6-13,16-23,26-41,50H,5,14-15,24-25H2. The van der Waals surface area contributed by atoms with E-state index >= 15 is 0 Å². The Labute approximate surface area is 341 Å². The highest BCUT2D eigenvalue weighted by Gasteiger charge is 2.37. The summed E-state index contributed by atoms with van der Waals surface area (Å²) in [5.41, 5.74) is 10.0. The second kappa shape index (κ2) is 17.8. The van der Waals surface area contributed by atoms with Crippen LogP contribution in [-0.2, 0) is 0 Å². The van der Waals surface area contributed by atoms with Crippen LogP contribution in [0.15, 0.2) is 218 Å². The largest absolute Gasteiger partial charge is 0.242 e. The summed E-state index contributed by atoms with van der Waals surface area (Å²) < 4.78 is 3.04. The SMILES string of the molecule is c1ccc(-c2ccc(P(c3ccc(-c4ccccc4)cc3)N(C3CCCCC3)P(c3ccc(-c4ccccc4)cc3)c3ccc(-c4ccccc4)cc3)cc2)cc1. The van der Waals surface area contributed by atoms with Crippen LogP contribution in [0.4, 0.5) is 0 Å². The van der Waals surface area contributed by atoms with E-state index in [1.807, 2.05) is 0 Å². The molecule has 0 radical (unpaired) electrons. The highest BCUT2D eigenvalue weighted by atomic mass is 31.2. The monoisotopic (exact) mass is 771 g/mol. The molecule has 0 aromatic heterocycles. The quantitative estimate of drug-likeness (QED) is 0.118. The fourth-order valence-corrected chi connectivity index (χ4v) is 14.5. The van der Waals surface area contributed by atoms with E-state index in [0.717, 1.165) is 0 Å². The van der Waals surface area contributed by atoms with Crippen LogP contribution in [0, 0.1) is 0 Å². The minimum absolute atomic E-state index is 0.459. The van der Waals surface area contributed by atoms with Gasteiger partial charge in [-0.2, -0.15) is 0 Å². The van der Waals surface area contributed by atoms with Crippen molar-refractivity contribution in [1.82, 2.24) is 4.44 Å². The topological polar surface area (TPSA) is 3.24 Å². The lowest BCUT2D eigenvalue weighted by Crippen LogP contribution is -2.39. The molecule has 278 valence electrons. The minimum atomic E-state index is -0.927. The molecule has 0 heterocycles. The molecular formula is C54H47NP2. The molecule has 1 nitrogen and oxygen atoms in total. The van der Waals surface area contributed by atoms with E-state index in [-0.39, 0.29) is 0 Å². The van der Waals surface area contributed by atoms with E-state index in [2.05, 4.69) is 223 Å². The first kappa shape index (κ1) is 37.2. The van der Waals surface area contributed by atoms with Gasteiger partial charge >= 0.3 is 0 Å². The first-order valence-corrected chi connectivity index (χ1v) is 22.9. The fourth-order valence-electron chi connectivity index (χ4n) is 8.20. The van der Waals surface area contributed by atoms with Crippen molar-refractivity contribution in [2.75, 3.05) is 0 Å². The van der Waals surface area contributed by atoms with Gasteiger partial charge in [-0.15, -0.1) is 0 Å². The zero-order valence-corrected chi connectivity index (χ0v) is 34.0. The van der Waals surface area contributed by atoms with Crippen LogP contribution in [0.1, 0.15) is 32.1 Å². The Morgan fingerprint density at radius 2 is 0.491 bits per heavy atom. The second-order valence-electron chi connectivity index (χ2n) is 14.9. The molecule has 0 unspecified atom stereocenters. The summed E-state index contributed by atoms with van der Waals surface area (Å²) in [6, 6.07) is 81.9. The third-order valence-corrected chi connectivity index (χ3v) is 16.9. The van der Waals surface area contributed by atoms with Gasteiger partial charge in [0.1, 0.15) is 0 Å².